The normalized spacial score (nSPS) is 11.6. The first-order valence-corrected chi connectivity index (χ1v) is 17.4. The smallest absolute Gasteiger partial charge is 0.167 e. The number of hydrogen-bond donors (Lipinski definition) is 0. The van der Waals surface area contributed by atoms with Gasteiger partial charge in [0.05, 0.1) is 5.56 Å². The molecule has 3 aromatic heterocycles. The fraction of sp³-hybridized carbons (Fsp3) is 0. The standard InChI is InChI=1S/C45H27N3OS/c1-3-11-28(12-4-1)29-21-23-31(24-22-29)43-46-44(48-45(47-43)36-18-9-17-35-34-15-7-8-19-38(34)49-42(35)36)32-25-26-39-37(27-32)41-33(16-10-20-40(41)50-39)30-13-5-2-6-14-30/h1-27H. The van der Waals surface area contributed by atoms with Gasteiger partial charge in [0.25, 0.3) is 0 Å². The Labute approximate surface area is 292 Å². The Balaban J connectivity index is 1.18. The summed E-state index contributed by atoms with van der Waals surface area (Å²) in [5.41, 5.74) is 9.01. The van der Waals surface area contributed by atoms with E-state index in [4.69, 9.17) is 19.4 Å². The van der Waals surface area contributed by atoms with Gasteiger partial charge in [0.1, 0.15) is 11.2 Å². The third kappa shape index (κ3) is 4.79. The number of furan rings is 1. The Kier molecular flexibility index (Phi) is 6.64. The summed E-state index contributed by atoms with van der Waals surface area (Å²) in [6, 6.07) is 56.9. The summed E-state index contributed by atoms with van der Waals surface area (Å²) >= 11 is 1.81. The molecule has 0 aliphatic rings. The summed E-state index contributed by atoms with van der Waals surface area (Å²) in [4.78, 5) is 15.4. The molecule has 10 aromatic rings. The van der Waals surface area contributed by atoms with Crippen molar-refractivity contribution in [1.29, 1.82) is 0 Å². The van der Waals surface area contributed by atoms with Gasteiger partial charge in [-0.3, -0.25) is 0 Å². The van der Waals surface area contributed by atoms with Crippen molar-refractivity contribution in [2.24, 2.45) is 0 Å². The molecule has 0 spiro atoms. The van der Waals surface area contributed by atoms with E-state index >= 15 is 0 Å². The number of aromatic nitrogens is 3. The predicted octanol–water partition coefficient (Wildman–Crippen LogP) is 12.5. The van der Waals surface area contributed by atoms with E-state index in [1.807, 2.05) is 47.7 Å². The molecule has 0 bridgehead atoms. The molecule has 10 rings (SSSR count). The second-order valence-corrected chi connectivity index (χ2v) is 13.5. The van der Waals surface area contributed by atoms with Crippen LogP contribution in [-0.2, 0) is 0 Å². The first-order valence-electron chi connectivity index (χ1n) is 16.6. The van der Waals surface area contributed by atoms with Crippen LogP contribution in [0.4, 0.5) is 0 Å². The molecule has 0 aliphatic carbocycles. The number of nitrogens with zero attached hydrogens (tertiary/aromatic N) is 3. The minimum Gasteiger partial charge on any atom is -0.455 e. The van der Waals surface area contributed by atoms with Crippen molar-refractivity contribution < 1.29 is 4.42 Å². The van der Waals surface area contributed by atoms with Gasteiger partial charge in [-0.25, -0.2) is 15.0 Å². The summed E-state index contributed by atoms with van der Waals surface area (Å²) in [7, 11) is 0. The number of benzene rings is 7. The van der Waals surface area contributed by atoms with Gasteiger partial charge in [0.2, 0.25) is 0 Å². The van der Waals surface area contributed by atoms with Crippen LogP contribution < -0.4 is 0 Å². The van der Waals surface area contributed by atoms with Gasteiger partial charge >= 0.3 is 0 Å². The Hall–Kier alpha value is -6.43. The van der Waals surface area contributed by atoms with E-state index < -0.39 is 0 Å². The Morgan fingerprint density at radius 2 is 0.980 bits per heavy atom. The lowest BCUT2D eigenvalue weighted by atomic mass is 9.99. The molecule has 5 heteroatoms. The number of rotatable bonds is 5. The Morgan fingerprint density at radius 1 is 0.380 bits per heavy atom. The maximum Gasteiger partial charge on any atom is 0.167 e. The molecule has 0 aliphatic heterocycles. The molecule has 0 unspecified atom stereocenters. The van der Waals surface area contributed by atoms with E-state index in [9.17, 15) is 0 Å². The van der Waals surface area contributed by atoms with Crippen LogP contribution in [0.2, 0.25) is 0 Å². The average Bonchev–Trinajstić information content (AvgIpc) is 3.77. The van der Waals surface area contributed by atoms with E-state index in [0.717, 1.165) is 44.2 Å². The predicted molar refractivity (Wildman–Crippen MR) is 207 cm³/mol. The minimum absolute atomic E-state index is 0.571. The molecule has 0 radical (unpaired) electrons. The first-order chi connectivity index (χ1) is 24.8. The molecule has 0 atom stereocenters. The molecule has 0 fully saturated rings. The van der Waals surface area contributed by atoms with Crippen molar-refractivity contribution in [3.63, 3.8) is 0 Å². The largest absolute Gasteiger partial charge is 0.455 e. The number of fused-ring (bicyclic) bond motifs is 6. The zero-order chi connectivity index (χ0) is 33.0. The van der Waals surface area contributed by atoms with E-state index in [-0.39, 0.29) is 0 Å². The first kappa shape index (κ1) is 28.6. The maximum atomic E-state index is 6.45. The van der Waals surface area contributed by atoms with Crippen molar-refractivity contribution in [3.8, 4) is 56.4 Å². The van der Waals surface area contributed by atoms with Crippen LogP contribution in [0.3, 0.4) is 0 Å². The van der Waals surface area contributed by atoms with E-state index in [1.54, 1.807) is 0 Å². The van der Waals surface area contributed by atoms with Crippen molar-refractivity contribution in [3.05, 3.63) is 164 Å². The monoisotopic (exact) mass is 657 g/mol. The molecule has 0 N–H and O–H groups in total. The van der Waals surface area contributed by atoms with Gasteiger partial charge in [-0.1, -0.05) is 127 Å². The summed E-state index contributed by atoms with van der Waals surface area (Å²) in [5, 5.41) is 4.54. The third-order valence-corrected chi connectivity index (χ3v) is 10.5. The lowest BCUT2D eigenvalue weighted by molar-refractivity contribution is 0.669. The molecule has 0 saturated heterocycles. The molecule has 50 heavy (non-hydrogen) atoms. The maximum absolute atomic E-state index is 6.45. The Morgan fingerprint density at radius 3 is 1.80 bits per heavy atom. The van der Waals surface area contributed by atoms with Crippen molar-refractivity contribution in [1.82, 2.24) is 15.0 Å². The molecule has 3 heterocycles. The van der Waals surface area contributed by atoms with Crippen LogP contribution in [0.15, 0.2) is 168 Å². The van der Waals surface area contributed by atoms with Crippen LogP contribution in [0.25, 0.3) is 98.5 Å². The molecular weight excluding hydrogens is 631 g/mol. The summed E-state index contributed by atoms with van der Waals surface area (Å²) in [6.07, 6.45) is 0. The highest BCUT2D eigenvalue weighted by atomic mass is 32.1. The molecule has 0 saturated carbocycles. The fourth-order valence-corrected chi connectivity index (χ4v) is 8.06. The van der Waals surface area contributed by atoms with Gasteiger partial charge in [-0.05, 0) is 58.7 Å². The molecular formula is C45H27N3OS. The highest BCUT2D eigenvalue weighted by molar-refractivity contribution is 7.26. The average molecular weight is 658 g/mol. The van der Waals surface area contributed by atoms with E-state index in [2.05, 4.69) is 127 Å². The lowest BCUT2D eigenvalue weighted by Gasteiger charge is -2.10. The quantitative estimate of drug-likeness (QED) is 0.185. The zero-order valence-corrected chi connectivity index (χ0v) is 27.6. The Bertz CT molecular complexity index is 2860. The number of para-hydroxylation sites is 2. The zero-order valence-electron chi connectivity index (χ0n) is 26.7. The lowest BCUT2D eigenvalue weighted by Crippen LogP contribution is -2.00. The highest BCUT2D eigenvalue weighted by Gasteiger charge is 2.19. The van der Waals surface area contributed by atoms with Crippen LogP contribution in [0, 0.1) is 0 Å². The van der Waals surface area contributed by atoms with Gasteiger partial charge in [0.15, 0.2) is 17.5 Å². The van der Waals surface area contributed by atoms with Gasteiger partial charge in [-0.15, -0.1) is 11.3 Å². The van der Waals surface area contributed by atoms with Crippen LogP contribution >= 0.6 is 11.3 Å². The topological polar surface area (TPSA) is 51.8 Å². The third-order valence-electron chi connectivity index (χ3n) is 9.37. The minimum atomic E-state index is 0.571. The number of hydrogen-bond acceptors (Lipinski definition) is 5. The summed E-state index contributed by atoms with van der Waals surface area (Å²) in [5.74, 6) is 1.80. The van der Waals surface area contributed by atoms with Crippen LogP contribution in [-0.4, -0.2) is 15.0 Å². The molecule has 7 aromatic carbocycles. The van der Waals surface area contributed by atoms with E-state index in [1.165, 1.54) is 36.9 Å². The van der Waals surface area contributed by atoms with Crippen molar-refractivity contribution in [2.75, 3.05) is 0 Å². The second-order valence-electron chi connectivity index (χ2n) is 12.4. The van der Waals surface area contributed by atoms with E-state index in [0.29, 0.717) is 17.5 Å². The second kappa shape index (κ2) is 11.6. The molecule has 4 nitrogen and oxygen atoms in total. The summed E-state index contributed by atoms with van der Waals surface area (Å²) in [6.45, 7) is 0. The highest BCUT2D eigenvalue weighted by Crippen LogP contribution is 2.42. The van der Waals surface area contributed by atoms with Crippen LogP contribution in [0.5, 0.6) is 0 Å². The van der Waals surface area contributed by atoms with Crippen molar-refractivity contribution in [2.45, 2.75) is 0 Å². The van der Waals surface area contributed by atoms with Crippen molar-refractivity contribution >= 4 is 53.4 Å². The number of thiophene rings is 1. The fourth-order valence-electron chi connectivity index (χ4n) is 6.94. The van der Waals surface area contributed by atoms with Gasteiger partial charge < -0.3 is 4.42 Å². The summed E-state index contributed by atoms with van der Waals surface area (Å²) < 4.78 is 8.93. The molecule has 0 amide bonds. The van der Waals surface area contributed by atoms with Gasteiger partial charge in [-0.2, -0.15) is 0 Å². The SMILES string of the molecule is c1ccc(-c2ccc(-c3nc(-c4ccc5sc6cccc(-c7ccccc7)c6c5c4)nc(-c4cccc5c4oc4ccccc45)n3)cc2)cc1. The molecule has 234 valence electrons. The van der Waals surface area contributed by atoms with Crippen LogP contribution in [0.1, 0.15) is 0 Å². The van der Waals surface area contributed by atoms with Gasteiger partial charge in [0, 0.05) is 42.1 Å².